The average Bonchev–Trinajstić information content (AvgIpc) is 2.63. The third-order valence-electron chi connectivity index (χ3n) is 3.53. The van der Waals surface area contributed by atoms with E-state index in [1.165, 1.54) is 0 Å². The molecule has 0 amide bonds. The van der Waals surface area contributed by atoms with Crippen LogP contribution in [0.15, 0.2) is 24.3 Å². The Morgan fingerprint density at radius 1 is 1.12 bits per heavy atom. The maximum absolute atomic E-state index is 12.2. The van der Waals surface area contributed by atoms with E-state index in [0.717, 1.165) is 25.0 Å². The first-order valence-electron chi connectivity index (χ1n) is 8.57. The number of anilines is 2. The van der Waals surface area contributed by atoms with E-state index in [1.807, 2.05) is 0 Å². The van der Waals surface area contributed by atoms with Gasteiger partial charge in [0.2, 0.25) is 11.9 Å². The van der Waals surface area contributed by atoms with Crippen LogP contribution in [-0.4, -0.2) is 41.6 Å². The highest BCUT2D eigenvalue weighted by atomic mass is 16.5. The van der Waals surface area contributed by atoms with Gasteiger partial charge in [-0.3, -0.25) is 0 Å². The number of nitrogen functional groups attached to an aromatic ring is 1. The Kier molecular flexibility index (Phi) is 7.13. The van der Waals surface area contributed by atoms with Crippen LogP contribution in [0.1, 0.15) is 42.4 Å². The van der Waals surface area contributed by atoms with Crippen molar-refractivity contribution in [2.24, 2.45) is 0 Å². The highest BCUT2D eigenvalue weighted by Crippen LogP contribution is 2.14. The second-order valence-electron chi connectivity index (χ2n) is 5.96. The smallest absolute Gasteiger partial charge is 0.338 e. The molecule has 2 rings (SSSR count). The van der Waals surface area contributed by atoms with Crippen molar-refractivity contribution in [1.29, 1.82) is 0 Å². The lowest BCUT2D eigenvalue weighted by atomic mass is 10.2. The van der Waals surface area contributed by atoms with Crippen molar-refractivity contribution in [1.82, 2.24) is 15.0 Å². The van der Waals surface area contributed by atoms with Crippen molar-refractivity contribution in [3.05, 3.63) is 35.7 Å². The van der Waals surface area contributed by atoms with E-state index < -0.39 is 5.97 Å². The van der Waals surface area contributed by atoms with Gasteiger partial charge in [-0.25, -0.2) is 4.79 Å². The van der Waals surface area contributed by atoms with E-state index >= 15 is 0 Å². The van der Waals surface area contributed by atoms with Crippen LogP contribution in [0.2, 0.25) is 0 Å². The fraction of sp³-hybridized carbons (Fsp3) is 0.444. The van der Waals surface area contributed by atoms with Gasteiger partial charge in [0.05, 0.1) is 12.2 Å². The van der Waals surface area contributed by atoms with Crippen molar-refractivity contribution >= 4 is 17.9 Å². The van der Waals surface area contributed by atoms with Gasteiger partial charge in [-0.1, -0.05) is 19.8 Å². The number of unbranched alkanes of at least 4 members (excludes halogenated alkanes) is 2. The summed E-state index contributed by atoms with van der Waals surface area (Å²) < 4.78 is 10.9. The molecule has 1 heterocycles. The molecule has 2 aromatic rings. The Hall–Kier alpha value is -2.90. The second-order valence-corrected chi connectivity index (χ2v) is 5.96. The summed E-state index contributed by atoms with van der Waals surface area (Å²) in [5.41, 5.74) is 6.08. The number of ether oxygens (including phenoxy) is 2. The van der Waals surface area contributed by atoms with Crippen molar-refractivity contribution in [3.8, 4) is 5.75 Å². The Balaban J connectivity index is 1.90. The monoisotopic (exact) mass is 359 g/mol. The Morgan fingerprint density at radius 3 is 2.50 bits per heavy atom. The Bertz CT molecular complexity index is 719. The fourth-order valence-electron chi connectivity index (χ4n) is 2.13. The van der Waals surface area contributed by atoms with Gasteiger partial charge in [-0.15, -0.1) is 0 Å². The van der Waals surface area contributed by atoms with Crippen molar-refractivity contribution < 1.29 is 14.3 Å². The number of nitrogens with two attached hydrogens (primary N) is 1. The lowest BCUT2D eigenvalue weighted by Crippen LogP contribution is -2.17. The van der Waals surface area contributed by atoms with Gasteiger partial charge >= 0.3 is 5.97 Å². The number of carbonyl (C=O) groups is 1. The molecule has 0 fully saturated rings. The highest BCUT2D eigenvalue weighted by molar-refractivity contribution is 5.89. The van der Waals surface area contributed by atoms with Crippen LogP contribution in [0.25, 0.3) is 0 Å². The van der Waals surface area contributed by atoms with Crippen LogP contribution in [0.5, 0.6) is 5.75 Å². The zero-order valence-electron chi connectivity index (χ0n) is 15.4. The number of aromatic nitrogens is 3. The third kappa shape index (κ3) is 5.87. The summed E-state index contributed by atoms with van der Waals surface area (Å²) in [5.74, 6) is 1.06. The standard InChI is InChI=1S/C18H25N5O3/c1-4-5-6-11-25-14-9-7-13(8-10-14)16(24)26-12-15-20-17(19)22-18(21-15)23(2)3/h7-10H,4-6,11-12H2,1-3H3,(H2,19,20,21,22). The molecule has 0 saturated carbocycles. The summed E-state index contributed by atoms with van der Waals surface area (Å²) >= 11 is 0. The molecule has 0 unspecified atom stereocenters. The topological polar surface area (TPSA) is 103 Å². The molecule has 0 atom stereocenters. The molecular formula is C18H25N5O3. The SMILES string of the molecule is CCCCCOc1ccc(C(=O)OCc2nc(N)nc(N(C)C)n2)cc1. The zero-order chi connectivity index (χ0) is 18.9. The molecule has 0 spiro atoms. The van der Waals surface area contributed by atoms with Crippen molar-refractivity contribution in [2.75, 3.05) is 31.3 Å². The van der Waals surface area contributed by atoms with E-state index in [4.69, 9.17) is 15.2 Å². The quantitative estimate of drug-likeness (QED) is 0.538. The molecule has 0 aliphatic carbocycles. The summed E-state index contributed by atoms with van der Waals surface area (Å²) in [7, 11) is 3.58. The normalized spacial score (nSPS) is 10.4. The summed E-state index contributed by atoms with van der Waals surface area (Å²) in [5, 5.41) is 0. The summed E-state index contributed by atoms with van der Waals surface area (Å²) in [6.07, 6.45) is 3.31. The van der Waals surface area contributed by atoms with E-state index in [0.29, 0.717) is 23.9 Å². The first kappa shape index (κ1) is 19.4. The maximum atomic E-state index is 12.2. The number of nitrogens with zero attached hydrogens (tertiary/aromatic N) is 4. The maximum Gasteiger partial charge on any atom is 0.338 e. The van der Waals surface area contributed by atoms with Crippen LogP contribution in [0.3, 0.4) is 0 Å². The van der Waals surface area contributed by atoms with E-state index in [1.54, 1.807) is 43.3 Å². The van der Waals surface area contributed by atoms with Crippen molar-refractivity contribution in [3.63, 3.8) is 0 Å². The predicted octanol–water partition coefficient (Wildman–Crippen LogP) is 2.45. The zero-order valence-corrected chi connectivity index (χ0v) is 15.4. The second kappa shape index (κ2) is 9.55. The first-order valence-corrected chi connectivity index (χ1v) is 8.57. The average molecular weight is 359 g/mol. The van der Waals surface area contributed by atoms with Gasteiger partial charge in [-0.2, -0.15) is 15.0 Å². The van der Waals surface area contributed by atoms with Crippen LogP contribution in [0, 0.1) is 0 Å². The number of rotatable bonds is 9. The number of hydrogen-bond donors (Lipinski definition) is 1. The minimum absolute atomic E-state index is 0.0817. The molecule has 0 aliphatic heterocycles. The molecule has 140 valence electrons. The van der Waals surface area contributed by atoms with Crippen LogP contribution in [-0.2, 0) is 11.3 Å². The largest absolute Gasteiger partial charge is 0.494 e. The Labute approximate surface area is 153 Å². The van der Waals surface area contributed by atoms with Gasteiger partial charge in [0.1, 0.15) is 5.75 Å². The number of benzene rings is 1. The third-order valence-corrected chi connectivity index (χ3v) is 3.53. The van der Waals surface area contributed by atoms with Crippen LogP contribution in [0.4, 0.5) is 11.9 Å². The minimum Gasteiger partial charge on any atom is -0.494 e. The van der Waals surface area contributed by atoms with Crippen LogP contribution >= 0.6 is 0 Å². The molecule has 0 saturated heterocycles. The lowest BCUT2D eigenvalue weighted by molar-refractivity contribution is 0.0462. The van der Waals surface area contributed by atoms with E-state index in [-0.39, 0.29) is 12.6 Å². The molecule has 1 aromatic heterocycles. The van der Waals surface area contributed by atoms with Crippen LogP contribution < -0.4 is 15.4 Å². The van der Waals surface area contributed by atoms with Gasteiger partial charge in [-0.05, 0) is 30.7 Å². The number of carbonyl (C=O) groups excluding carboxylic acids is 1. The van der Waals surface area contributed by atoms with Gasteiger partial charge in [0.25, 0.3) is 0 Å². The molecule has 2 N–H and O–H groups in total. The molecule has 0 radical (unpaired) electrons. The van der Waals surface area contributed by atoms with E-state index in [9.17, 15) is 4.79 Å². The summed E-state index contributed by atoms with van der Waals surface area (Å²) in [4.78, 5) is 26.0. The van der Waals surface area contributed by atoms with E-state index in [2.05, 4.69) is 21.9 Å². The molecule has 26 heavy (non-hydrogen) atoms. The molecule has 1 aromatic carbocycles. The predicted molar refractivity (Wildman–Crippen MR) is 99.1 cm³/mol. The molecular weight excluding hydrogens is 334 g/mol. The van der Waals surface area contributed by atoms with Gasteiger partial charge in [0.15, 0.2) is 12.4 Å². The first-order chi connectivity index (χ1) is 12.5. The van der Waals surface area contributed by atoms with Gasteiger partial charge < -0.3 is 20.1 Å². The molecule has 0 aliphatic rings. The summed E-state index contributed by atoms with van der Waals surface area (Å²) in [6, 6.07) is 6.86. The van der Waals surface area contributed by atoms with Gasteiger partial charge in [0, 0.05) is 14.1 Å². The van der Waals surface area contributed by atoms with Crippen molar-refractivity contribution in [2.45, 2.75) is 32.8 Å². The molecule has 0 bridgehead atoms. The fourth-order valence-corrected chi connectivity index (χ4v) is 2.13. The minimum atomic E-state index is -0.465. The molecule has 8 nitrogen and oxygen atoms in total. The highest BCUT2D eigenvalue weighted by Gasteiger charge is 2.11. The lowest BCUT2D eigenvalue weighted by Gasteiger charge is -2.11. The molecule has 8 heteroatoms. The Morgan fingerprint density at radius 2 is 1.85 bits per heavy atom. The summed E-state index contributed by atoms with van der Waals surface area (Å²) in [6.45, 7) is 2.74. The number of hydrogen-bond acceptors (Lipinski definition) is 8. The number of esters is 1.